The van der Waals surface area contributed by atoms with Crippen LogP contribution in [0.5, 0.6) is 0 Å². The molecule has 0 aliphatic carbocycles. The number of aryl methyl sites for hydroxylation is 1. The molecule has 124 valence electrons. The number of nitrogens with zero attached hydrogens (tertiary/aromatic N) is 4. The summed E-state index contributed by atoms with van der Waals surface area (Å²) in [5.41, 5.74) is 0. The van der Waals surface area contributed by atoms with Gasteiger partial charge in [0.05, 0.1) is 6.54 Å². The van der Waals surface area contributed by atoms with Gasteiger partial charge in [-0.3, -0.25) is 4.90 Å². The zero-order valence-corrected chi connectivity index (χ0v) is 14.9. The first kappa shape index (κ1) is 17.2. The number of piperazine rings is 1. The predicted octanol–water partition coefficient (Wildman–Crippen LogP) is 0.752. The molecular formula is C15H28N6S. The lowest BCUT2D eigenvalue weighted by Gasteiger charge is -2.37. The largest absolute Gasteiger partial charge is 0.357 e. The molecule has 1 aliphatic rings. The maximum absolute atomic E-state index is 4.64. The molecule has 0 spiro atoms. The first-order chi connectivity index (χ1) is 10.6. The Morgan fingerprint density at radius 3 is 2.91 bits per heavy atom. The van der Waals surface area contributed by atoms with Crippen molar-refractivity contribution >= 4 is 17.3 Å². The van der Waals surface area contributed by atoms with E-state index in [1.54, 1.807) is 11.3 Å². The third kappa shape index (κ3) is 5.23. The van der Waals surface area contributed by atoms with Crippen molar-refractivity contribution in [2.45, 2.75) is 26.4 Å². The third-order valence-electron chi connectivity index (χ3n) is 3.87. The van der Waals surface area contributed by atoms with Crippen LogP contribution in [-0.2, 0) is 6.54 Å². The van der Waals surface area contributed by atoms with Crippen LogP contribution in [0, 0.1) is 6.92 Å². The van der Waals surface area contributed by atoms with Gasteiger partial charge >= 0.3 is 0 Å². The zero-order valence-electron chi connectivity index (χ0n) is 14.1. The molecule has 1 aliphatic heterocycles. The molecule has 22 heavy (non-hydrogen) atoms. The number of likely N-dealkylation sites (N-methyl/N-ethyl adjacent to an activating group) is 2. The molecule has 0 aromatic carbocycles. The van der Waals surface area contributed by atoms with Gasteiger partial charge in [0.2, 0.25) is 0 Å². The summed E-state index contributed by atoms with van der Waals surface area (Å²) in [6.45, 7) is 9.92. The highest BCUT2D eigenvalue weighted by Crippen LogP contribution is 2.11. The molecule has 2 rings (SSSR count). The van der Waals surface area contributed by atoms with E-state index in [2.05, 4.69) is 58.4 Å². The summed E-state index contributed by atoms with van der Waals surface area (Å²) in [5.74, 6) is 0.872. The quantitative estimate of drug-likeness (QED) is 0.618. The number of hydrogen-bond acceptors (Lipinski definition) is 5. The van der Waals surface area contributed by atoms with E-state index >= 15 is 0 Å². The summed E-state index contributed by atoms with van der Waals surface area (Å²) in [7, 11) is 4.38. The highest BCUT2D eigenvalue weighted by atomic mass is 32.1. The van der Waals surface area contributed by atoms with Gasteiger partial charge in [0, 0.05) is 49.8 Å². The van der Waals surface area contributed by atoms with Crippen LogP contribution in [0.2, 0.25) is 0 Å². The van der Waals surface area contributed by atoms with Gasteiger partial charge in [-0.1, -0.05) is 0 Å². The van der Waals surface area contributed by atoms with Crippen molar-refractivity contribution in [3.8, 4) is 0 Å². The van der Waals surface area contributed by atoms with Crippen LogP contribution in [0.4, 0.5) is 0 Å². The first-order valence-electron chi connectivity index (χ1n) is 7.90. The SMILES string of the molecule is CCNC(=NCc1ncc(C)s1)NCC1CN(C)CCN1C. The van der Waals surface area contributed by atoms with Crippen LogP contribution in [0.25, 0.3) is 0 Å². The van der Waals surface area contributed by atoms with Crippen molar-refractivity contribution in [2.24, 2.45) is 4.99 Å². The summed E-state index contributed by atoms with van der Waals surface area (Å²) in [4.78, 5) is 15.0. The summed E-state index contributed by atoms with van der Waals surface area (Å²) in [6.07, 6.45) is 1.91. The Hall–Kier alpha value is -1.18. The maximum atomic E-state index is 4.64. The second-order valence-electron chi connectivity index (χ2n) is 5.84. The molecule has 0 saturated carbocycles. The van der Waals surface area contributed by atoms with Crippen molar-refractivity contribution in [2.75, 3.05) is 46.8 Å². The van der Waals surface area contributed by atoms with Crippen LogP contribution in [0.15, 0.2) is 11.2 Å². The normalized spacial score (nSPS) is 21.1. The average Bonchev–Trinajstić information content (AvgIpc) is 2.91. The molecular weight excluding hydrogens is 296 g/mol. The number of aromatic nitrogens is 1. The fourth-order valence-electron chi connectivity index (χ4n) is 2.50. The van der Waals surface area contributed by atoms with Gasteiger partial charge in [0.25, 0.3) is 0 Å². The van der Waals surface area contributed by atoms with Crippen LogP contribution in [0.3, 0.4) is 0 Å². The molecule has 0 amide bonds. The topological polar surface area (TPSA) is 55.8 Å². The Labute approximate surface area is 137 Å². The number of thiazole rings is 1. The van der Waals surface area contributed by atoms with Gasteiger partial charge in [0.15, 0.2) is 5.96 Å². The van der Waals surface area contributed by atoms with Crippen LogP contribution >= 0.6 is 11.3 Å². The highest BCUT2D eigenvalue weighted by molar-refractivity contribution is 7.11. The Morgan fingerprint density at radius 1 is 1.41 bits per heavy atom. The molecule has 2 heterocycles. The fraction of sp³-hybridized carbons (Fsp3) is 0.733. The van der Waals surface area contributed by atoms with Gasteiger partial charge in [0.1, 0.15) is 5.01 Å². The molecule has 7 heteroatoms. The number of rotatable bonds is 5. The minimum absolute atomic E-state index is 0.518. The lowest BCUT2D eigenvalue weighted by Crippen LogP contribution is -2.55. The average molecular weight is 324 g/mol. The van der Waals surface area contributed by atoms with Crippen molar-refractivity contribution < 1.29 is 0 Å². The molecule has 1 aromatic heterocycles. The molecule has 0 bridgehead atoms. The van der Waals surface area contributed by atoms with E-state index < -0.39 is 0 Å². The van der Waals surface area contributed by atoms with E-state index in [1.165, 1.54) is 4.88 Å². The number of aliphatic imine (C=N–C) groups is 1. The van der Waals surface area contributed by atoms with E-state index in [0.29, 0.717) is 12.6 Å². The maximum Gasteiger partial charge on any atom is 0.191 e. The number of hydrogen-bond donors (Lipinski definition) is 2. The number of guanidine groups is 1. The standard InChI is InChI=1S/C15H28N6S/c1-5-16-15(19-10-14-17-8-12(2)22-14)18-9-13-11-20(3)6-7-21(13)4/h8,13H,5-7,9-11H2,1-4H3,(H2,16,18,19). The lowest BCUT2D eigenvalue weighted by atomic mass is 10.2. The Kier molecular flexibility index (Phi) is 6.60. The Morgan fingerprint density at radius 2 is 2.23 bits per heavy atom. The van der Waals surface area contributed by atoms with Crippen LogP contribution in [0.1, 0.15) is 16.8 Å². The summed E-state index contributed by atoms with van der Waals surface area (Å²) in [6, 6.07) is 0.518. The van der Waals surface area contributed by atoms with Gasteiger partial charge < -0.3 is 15.5 Å². The zero-order chi connectivity index (χ0) is 15.9. The molecule has 1 aromatic rings. The van der Waals surface area contributed by atoms with E-state index in [4.69, 9.17) is 0 Å². The van der Waals surface area contributed by atoms with E-state index in [1.807, 2.05) is 6.20 Å². The smallest absolute Gasteiger partial charge is 0.191 e. The molecule has 1 fully saturated rings. The summed E-state index contributed by atoms with van der Waals surface area (Å²) < 4.78 is 0. The highest BCUT2D eigenvalue weighted by Gasteiger charge is 2.21. The van der Waals surface area contributed by atoms with Gasteiger partial charge in [-0.25, -0.2) is 9.98 Å². The van der Waals surface area contributed by atoms with Crippen molar-refractivity contribution in [1.29, 1.82) is 0 Å². The molecule has 0 radical (unpaired) electrons. The van der Waals surface area contributed by atoms with Crippen LogP contribution < -0.4 is 10.6 Å². The Balaban J connectivity index is 1.87. The first-order valence-corrected chi connectivity index (χ1v) is 8.72. The van der Waals surface area contributed by atoms with Gasteiger partial charge in [-0.2, -0.15) is 0 Å². The van der Waals surface area contributed by atoms with Crippen molar-refractivity contribution in [3.63, 3.8) is 0 Å². The van der Waals surface area contributed by atoms with Gasteiger partial charge in [-0.15, -0.1) is 11.3 Å². The van der Waals surface area contributed by atoms with E-state index in [-0.39, 0.29) is 0 Å². The van der Waals surface area contributed by atoms with Gasteiger partial charge in [-0.05, 0) is 27.9 Å². The van der Waals surface area contributed by atoms with E-state index in [0.717, 1.165) is 43.7 Å². The molecule has 1 unspecified atom stereocenters. The van der Waals surface area contributed by atoms with E-state index in [9.17, 15) is 0 Å². The third-order valence-corrected chi connectivity index (χ3v) is 4.77. The second-order valence-corrected chi connectivity index (χ2v) is 7.16. The molecule has 1 saturated heterocycles. The minimum atomic E-state index is 0.518. The van der Waals surface area contributed by atoms with Crippen molar-refractivity contribution in [1.82, 2.24) is 25.4 Å². The second kappa shape index (κ2) is 8.45. The lowest BCUT2D eigenvalue weighted by molar-refractivity contribution is 0.116. The molecule has 2 N–H and O–H groups in total. The summed E-state index contributed by atoms with van der Waals surface area (Å²) >= 11 is 1.71. The van der Waals surface area contributed by atoms with Crippen molar-refractivity contribution in [3.05, 3.63) is 16.1 Å². The Bertz CT molecular complexity index is 486. The molecule has 1 atom stereocenters. The van der Waals surface area contributed by atoms with Crippen LogP contribution in [-0.4, -0.2) is 73.6 Å². The fourth-order valence-corrected chi connectivity index (χ4v) is 3.21. The monoisotopic (exact) mass is 324 g/mol. The minimum Gasteiger partial charge on any atom is -0.357 e. The molecule has 6 nitrogen and oxygen atoms in total. The summed E-state index contributed by atoms with van der Waals surface area (Å²) in [5, 5.41) is 7.83. The number of nitrogens with one attached hydrogen (secondary N) is 2. The predicted molar refractivity (Wildman–Crippen MR) is 93.6 cm³/mol.